The molecule has 0 atom stereocenters. The van der Waals surface area contributed by atoms with Crippen LogP contribution in [0, 0.1) is 5.82 Å². The van der Waals surface area contributed by atoms with Crippen LogP contribution in [0.15, 0.2) is 53.5 Å². The van der Waals surface area contributed by atoms with Crippen LogP contribution >= 0.6 is 12.2 Å². The van der Waals surface area contributed by atoms with E-state index in [0.29, 0.717) is 49.0 Å². The molecule has 2 aromatic carbocycles. The van der Waals surface area contributed by atoms with Crippen LogP contribution < -0.4 is 15.6 Å². The third-order valence-electron chi connectivity index (χ3n) is 5.65. The molecule has 0 radical (unpaired) electrons. The highest BCUT2D eigenvalue weighted by Gasteiger charge is 2.23. The molecule has 1 aliphatic rings. The maximum absolute atomic E-state index is 15.0. The zero-order valence-corrected chi connectivity index (χ0v) is 18.4. The number of fused-ring (bicyclic) bond motifs is 1. The Hall–Kier alpha value is -3.46. The highest BCUT2D eigenvalue weighted by Crippen LogP contribution is 2.26. The van der Waals surface area contributed by atoms with E-state index < -0.39 is 17.2 Å². The summed E-state index contributed by atoms with van der Waals surface area (Å²) in [7, 11) is 0. The van der Waals surface area contributed by atoms with Gasteiger partial charge in [0.05, 0.1) is 11.2 Å². The molecule has 1 aromatic heterocycles. The van der Waals surface area contributed by atoms with Crippen molar-refractivity contribution in [3.63, 3.8) is 0 Å². The molecule has 0 bridgehead atoms. The van der Waals surface area contributed by atoms with Crippen LogP contribution in [0.2, 0.25) is 0 Å². The number of benzene rings is 2. The minimum absolute atomic E-state index is 0.0693. The molecule has 1 aliphatic heterocycles. The van der Waals surface area contributed by atoms with Crippen LogP contribution in [0.1, 0.15) is 17.3 Å². The first kappa shape index (κ1) is 21.8. The van der Waals surface area contributed by atoms with Gasteiger partial charge in [0.2, 0.25) is 5.43 Å². The molecule has 2 N–H and O–H groups in total. The zero-order valence-electron chi connectivity index (χ0n) is 17.5. The number of nitrogens with zero attached hydrogens (tertiary/aromatic N) is 3. The first-order valence-electron chi connectivity index (χ1n) is 10.3. The molecule has 7 nitrogen and oxygen atoms in total. The molecule has 0 amide bonds. The molecule has 166 valence electrons. The first-order chi connectivity index (χ1) is 15.4. The monoisotopic (exact) mass is 454 g/mol. The second kappa shape index (κ2) is 8.96. The number of halogens is 1. The molecule has 4 rings (SSSR count). The van der Waals surface area contributed by atoms with Gasteiger partial charge in [0.15, 0.2) is 5.11 Å². The summed E-state index contributed by atoms with van der Waals surface area (Å²) in [6.07, 6.45) is 1.32. The Morgan fingerprint density at radius 1 is 1.16 bits per heavy atom. The molecule has 32 heavy (non-hydrogen) atoms. The van der Waals surface area contributed by atoms with Crippen molar-refractivity contribution in [2.75, 3.05) is 36.4 Å². The van der Waals surface area contributed by atoms with E-state index in [9.17, 15) is 14.7 Å². The molecule has 3 aromatic rings. The number of nitrogens with one attached hydrogen (secondary N) is 1. The smallest absolute Gasteiger partial charge is 0.341 e. The Balaban J connectivity index is 1.56. The van der Waals surface area contributed by atoms with Gasteiger partial charge in [0.25, 0.3) is 0 Å². The number of anilines is 2. The normalized spacial score (nSPS) is 13.9. The van der Waals surface area contributed by atoms with E-state index in [4.69, 9.17) is 12.2 Å². The van der Waals surface area contributed by atoms with Gasteiger partial charge < -0.3 is 24.8 Å². The summed E-state index contributed by atoms with van der Waals surface area (Å²) in [5.74, 6) is -1.86. The summed E-state index contributed by atoms with van der Waals surface area (Å²) >= 11 is 5.52. The number of pyridine rings is 1. The van der Waals surface area contributed by atoms with Crippen molar-refractivity contribution in [1.82, 2.24) is 9.47 Å². The maximum Gasteiger partial charge on any atom is 0.341 e. The van der Waals surface area contributed by atoms with Crippen molar-refractivity contribution in [1.29, 1.82) is 0 Å². The highest BCUT2D eigenvalue weighted by atomic mass is 32.1. The van der Waals surface area contributed by atoms with Crippen LogP contribution in [-0.4, -0.2) is 51.8 Å². The number of aryl methyl sites for hydroxylation is 1. The van der Waals surface area contributed by atoms with Gasteiger partial charge in [-0.15, -0.1) is 0 Å². The molecule has 2 heterocycles. The lowest BCUT2D eigenvalue weighted by atomic mass is 10.1. The van der Waals surface area contributed by atoms with Crippen molar-refractivity contribution >= 4 is 45.6 Å². The Morgan fingerprint density at radius 2 is 1.84 bits per heavy atom. The van der Waals surface area contributed by atoms with Gasteiger partial charge in [-0.1, -0.05) is 18.2 Å². The zero-order chi connectivity index (χ0) is 22.8. The van der Waals surface area contributed by atoms with E-state index in [2.05, 4.69) is 5.32 Å². The number of aromatic carboxylic acids is 1. The lowest BCUT2D eigenvalue weighted by Crippen LogP contribution is -2.50. The van der Waals surface area contributed by atoms with Crippen LogP contribution in [0.5, 0.6) is 0 Å². The largest absolute Gasteiger partial charge is 0.477 e. The van der Waals surface area contributed by atoms with Gasteiger partial charge in [-0.05, 0) is 43.4 Å². The number of para-hydroxylation sites is 1. The summed E-state index contributed by atoms with van der Waals surface area (Å²) in [5.41, 5.74) is 0.787. The Morgan fingerprint density at radius 3 is 2.47 bits per heavy atom. The number of piperazine rings is 1. The molecular formula is C23H23FN4O3S. The van der Waals surface area contributed by atoms with Gasteiger partial charge in [-0.3, -0.25) is 4.79 Å². The minimum Gasteiger partial charge on any atom is -0.477 e. The average molecular weight is 455 g/mol. The van der Waals surface area contributed by atoms with E-state index in [1.807, 2.05) is 47.1 Å². The standard InChI is InChI=1S/C23H23FN4O3S/c1-2-26-14-17(22(30)31)21(29)16-12-18(24)20(13-19(16)26)27-8-10-28(11-9-27)23(32)25-15-6-4-3-5-7-15/h3-7,12-14H,2,8-11H2,1H3,(H,25,32)(H,30,31). The molecule has 0 aliphatic carbocycles. The van der Waals surface area contributed by atoms with Gasteiger partial charge in [-0.25, -0.2) is 9.18 Å². The van der Waals surface area contributed by atoms with Gasteiger partial charge in [0, 0.05) is 50.0 Å². The second-order valence-electron chi connectivity index (χ2n) is 7.55. The van der Waals surface area contributed by atoms with Crippen molar-refractivity contribution in [3.8, 4) is 0 Å². The van der Waals surface area contributed by atoms with Crippen molar-refractivity contribution < 1.29 is 14.3 Å². The third-order valence-corrected chi connectivity index (χ3v) is 6.01. The van der Waals surface area contributed by atoms with E-state index in [1.54, 1.807) is 10.6 Å². The van der Waals surface area contributed by atoms with Gasteiger partial charge in [-0.2, -0.15) is 0 Å². The number of carboxylic acids is 1. The topological polar surface area (TPSA) is 77.8 Å². The SMILES string of the molecule is CCn1cc(C(=O)O)c(=O)c2cc(F)c(N3CCN(C(=S)Nc4ccccc4)CC3)cc21. The van der Waals surface area contributed by atoms with E-state index in [1.165, 1.54) is 6.20 Å². The fourth-order valence-corrected chi connectivity index (χ4v) is 4.23. The predicted molar refractivity (Wildman–Crippen MR) is 127 cm³/mol. The molecule has 0 saturated carbocycles. The van der Waals surface area contributed by atoms with Crippen LogP contribution in [0.4, 0.5) is 15.8 Å². The number of carboxylic acid groups (broad SMARTS) is 1. The van der Waals surface area contributed by atoms with Gasteiger partial charge in [0.1, 0.15) is 11.4 Å². The van der Waals surface area contributed by atoms with Crippen molar-refractivity contribution in [2.45, 2.75) is 13.5 Å². The number of hydrogen-bond donors (Lipinski definition) is 2. The summed E-state index contributed by atoms with van der Waals surface area (Å²) in [5, 5.41) is 13.2. The number of hydrogen-bond acceptors (Lipinski definition) is 4. The molecule has 9 heteroatoms. The number of aromatic nitrogens is 1. The van der Waals surface area contributed by atoms with Crippen LogP contribution in [0.3, 0.4) is 0 Å². The minimum atomic E-state index is -1.32. The quantitative estimate of drug-likeness (QED) is 0.585. The van der Waals surface area contributed by atoms with E-state index >= 15 is 4.39 Å². The molecule has 1 saturated heterocycles. The first-order valence-corrected chi connectivity index (χ1v) is 10.8. The third kappa shape index (κ3) is 4.16. The molecule has 0 spiro atoms. The lowest BCUT2D eigenvalue weighted by molar-refractivity contribution is 0.0695. The van der Waals surface area contributed by atoms with Crippen LogP contribution in [-0.2, 0) is 6.54 Å². The second-order valence-corrected chi connectivity index (χ2v) is 7.94. The van der Waals surface area contributed by atoms with Crippen LogP contribution in [0.25, 0.3) is 10.9 Å². The van der Waals surface area contributed by atoms with E-state index in [0.717, 1.165) is 11.8 Å². The Bertz CT molecular complexity index is 1240. The summed E-state index contributed by atoms with van der Waals surface area (Å²) < 4.78 is 16.7. The van der Waals surface area contributed by atoms with Gasteiger partial charge >= 0.3 is 5.97 Å². The maximum atomic E-state index is 15.0. The lowest BCUT2D eigenvalue weighted by Gasteiger charge is -2.37. The average Bonchev–Trinajstić information content (AvgIpc) is 2.80. The number of rotatable bonds is 4. The molecular weight excluding hydrogens is 431 g/mol. The van der Waals surface area contributed by atoms with Crippen molar-refractivity contribution in [2.24, 2.45) is 0 Å². The Labute approximate surface area is 189 Å². The van der Waals surface area contributed by atoms with Crippen molar-refractivity contribution in [3.05, 3.63) is 70.3 Å². The summed E-state index contributed by atoms with van der Waals surface area (Å²) in [6.45, 7) is 4.65. The number of carbonyl (C=O) groups is 1. The fraction of sp³-hybridized carbons (Fsp3) is 0.261. The molecule has 1 fully saturated rings. The molecule has 0 unspecified atom stereocenters. The Kier molecular flexibility index (Phi) is 6.09. The highest BCUT2D eigenvalue weighted by molar-refractivity contribution is 7.80. The summed E-state index contributed by atoms with van der Waals surface area (Å²) in [4.78, 5) is 27.9. The number of thiocarbonyl (C=S) groups is 1. The summed E-state index contributed by atoms with van der Waals surface area (Å²) in [6, 6.07) is 12.5. The van der Waals surface area contributed by atoms with E-state index in [-0.39, 0.29) is 10.9 Å². The predicted octanol–water partition coefficient (Wildman–Crippen LogP) is 3.38. The fourth-order valence-electron chi connectivity index (χ4n) is 3.93.